The third-order valence-corrected chi connectivity index (χ3v) is 0.348. The van der Waals surface area contributed by atoms with Crippen LogP contribution in [0.5, 0.6) is 0 Å². The van der Waals surface area contributed by atoms with Gasteiger partial charge in [0.2, 0.25) is 0 Å². The summed E-state index contributed by atoms with van der Waals surface area (Å²) in [5, 5.41) is 0. The van der Waals surface area contributed by atoms with Crippen LogP contribution in [-0.4, -0.2) is 24.6 Å². The molecule has 4 heteroatoms. The van der Waals surface area contributed by atoms with Crippen LogP contribution in [-0.2, 0) is 19.1 Å². The number of carbonyl (C=O) groups excluding carboxylic acids is 3. The van der Waals surface area contributed by atoms with Crippen molar-refractivity contribution < 1.29 is 19.1 Å². The Morgan fingerprint density at radius 1 is 1.23 bits per heavy atom. The van der Waals surface area contributed by atoms with Crippen LogP contribution in [0, 0.1) is 0 Å². The molecule has 4 nitrogen and oxygen atoms in total. The number of Topliss-reactive ketones (excluding diaryl/α,β-unsaturated/α-hetero) is 1. The quantitative estimate of drug-likeness (QED) is 0.463. The molecule has 0 spiro atoms. The van der Waals surface area contributed by atoms with Gasteiger partial charge in [-0.05, 0) is 27.7 Å². The molecular weight excluding hydrogens is 172 g/mol. The van der Waals surface area contributed by atoms with Crippen LogP contribution in [0.3, 0.4) is 0 Å². The molecule has 0 aromatic carbocycles. The Hall–Kier alpha value is -1.19. The second kappa shape index (κ2) is 17.1. The van der Waals surface area contributed by atoms with E-state index in [-0.39, 0.29) is 11.8 Å². The second-order valence-electron chi connectivity index (χ2n) is 2.07. The zero-order valence-corrected chi connectivity index (χ0v) is 8.92. The van der Waals surface area contributed by atoms with Crippen LogP contribution in [0.2, 0.25) is 0 Å². The molecule has 0 amide bonds. The van der Waals surface area contributed by atoms with E-state index in [0.717, 1.165) is 6.29 Å². The lowest BCUT2D eigenvalue weighted by atomic mass is 10.6. The zero-order valence-electron chi connectivity index (χ0n) is 8.92. The molecular formula is C9H18O4. The number of carbonyl (C=O) groups is 3. The lowest BCUT2D eigenvalue weighted by molar-refractivity contribution is -0.140. The molecule has 0 bridgehead atoms. The van der Waals surface area contributed by atoms with E-state index in [9.17, 15) is 9.59 Å². The van der Waals surface area contributed by atoms with Gasteiger partial charge in [0.1, 0.15) is 12.1 Å². The SMILES string of the molecule is CC(C)=O.CC=O.CCOC(C)=O. The average Bonchev–Trinajstić information content (AvgIpc) is 1.86. The van der Waals surface area contributed by atoms with Crippen LogP contribution in [0.1, 0.15) is 34.6 Å². The van der Waals surface area contributed by atoms with E-state index in [1.165, 1.54) is 27.7 Å². The summed E-state index contributed by atoms with van der Waals surface area (Å²) in [5.41, 5.74) is 0. The van der Waals surface area contributed by atoms with E-state index in [4.69, 9.17) is 4.79 Å². The molecule has 0 fully saturated rings. The summed E-state index contributed by atoms with van der Waals surface area (Å²) in [6, 6.07) is 0. The molecule has 0 aromatic heterocycles. The summed E-state index contributed by atoms with van der Waals surface area (Å²) in [5.74, 6) is -0.0440. The van der Waals surface area contributed by atoms with Crippen LogP contribution in [0.4, 0.5) is 0 Å². The fourth-order valence-electron chi connectivity index (χ4n) is 0.203. The van der Waals surface area contributed by atoms with Gasteiger partial charge in [0.05, 0.1) is 6.61 Å². The van der Waals surface area contributed by atoms with Crippen molar-refractivity contribution in [2.75, 3.05) is 6.61 Å². The van der Waals surface area contributed by atoms with Gasteiger partial charge in [-0.3, -0.25) is 4.79 Å². The Bertz CT molecular complexity index is 137. The van der Waals surface area contributed by atoms with Gasteiger partial charge in [0.15, 0.2) is 0 Å². The van der Waals surface area contributed by atoms with Crippen molar-refractivity contribution >= 4 is 18.0 Å². The van der Waals surface area contributed by atoms with Gasteiger partial charge in [0, 0.05) is 6.92 Å². The minimum absolute atomic E-state index is 0.167. The number of hydrogen-bond acceptors (Lipinski definition) is 4. The third kappa shape index (κ3) is 256. The number of rotatable bonds is 1. The first-order valence-electron chi connectivity index (χ1n) is 3.92. The fourth-order valence-corrected chi connectivity index (χ4v) is 0.203. The van der Waals surface area contributed by atoms with E-state index in [1.54, 1.807) is 6.92 Å². The molecule has 0 radical (unpaired) electrons. The molecule has 0 atom stereocenters. The first-order valence-corrected chi connectivity index (χ1v) is 3.92. The molecule has 0 N–H and O–H groups in total. The van der Waals surface area contributed by atoms with Crippen LogP contribution < -0.4 is 0 Å². The highest BCUT2D eigenvalue weighted by atomic mass is 16.5. The molecule has 0 rings (SSSR count). The van der Waals surface area contributed by atoms with Crippen molar-refractivity contribution in [3.05, 3.63) is 0 Å². The summed E-state index contributed by atoms with van der Waals surface area (Å²) in [4.78, 5) is 28.1. The van der Waals surface area contributed by atoms with E-state index in [2.05, 4.69) is 4.74 Å². The summed E-state index contributed by atoms with van der Waals surface area (Å²) in [6.07, 6.45) is 0.750. The predicted molar refractivity (Wildman–Crippen MR) is 50.4 cm³/mol. The van der Waals surface area contributed by atoms with Crippen molar-refractivity contribution in [1.29, 1.82) is 0 Å². The highest BCUT2D eigenvalue weighted by Crippen LogP contribution is 1.69. The van der Waals surface area contributed by atoms with Gasteiger partial charge in [0.25, 0.3) is 0 Å². The Kier molecular flexibility index (Phi) is 23.3. The first kappa shape index (κ1) is 17.8. The zero-order chi connectivity index (χ0) is 11.3. The number of ether oxygens (including phenoxy) is 1. The van der Waals surface area contributed by atoms with E-state index >= 15 is 0 Å². The van der Waals surface area contributed by atoms with Gasteiger partial charge < -0.3 is 14.3 Å². The molecule has 0 aliphatic heterocycles. The highest BCUT2D eigenvalue weighted by Gasteiger charge is 1.81. The summed E-state index contributed by atoms with van der Waals surface area (Å²) >= 11 is 0. The third-order valence-electron chi connectivity index (χ3n) is 0.348. The van der Waals surface area contributed by atoms with Crippen molar-refractivity contribution in [3.8, 4) is 0 Å². The maximum Gasteiger partial charge on any atom is 0.302 e. The Labute approximate surface area is 79.3 Å². The molecule has 0 aliphatic rings. The molecule has 0 unspecified atom stereocenters. The van der Waals surface area contributed by atoms with Crippen molar-refractivity contribution in [2.24, 2.45) is 0 Å². The molecule has 0 saturated carbocycles. The second-order valence-corrected chi connectivity index (χ2v) is 2.07. The van der Waals surface area contributed by atoms with Crippen LogP contribution in [0.25, 0.3) is 0 Å². The highest BCUT2D eigenvalue weighted by molar-refractivity contribution is 5.72. The van der Waals surface area contributed by atoms with E-state index < -0.39 is 0 Å². The van der Waals surface area contributed by atoms with E-state index in [0.29, 0.717) is 6.61 Å². The first-order chi connectivity index (χ1) is 5.92. The minimum Gasteiger partial charge on any atom is -0.466 e. The van der Waals surface area contributed by atoms with Crippen molar-refractivity contribution in [1.82, 2.24) is 0 Å². The topological polar surface area (TPSA) is 60.4 Å². The largest absolute Gasteiger partial charge is 0.466 e. The molecule has 0 aliphatic carbocycles. The molecule has 0 saturated heterocycles. The minimum atomic E-state index is -0.211. The molecule has 0 aromatic rings. The Balaban J connectivity index is -0.000000125. The number of aldehydes is 1. The Morgan fingerprint density at radius 3 is 1.46 bits per heavy atom. The number of hydrogen-bond donors (Lipinski definition) is 0. The molecule has 0 heterocycles. The van der Waals surface area contributed by atoms with Gasteiger partial charge >= 0.3 is 5.97 Å². The van der Waals surface area contributed by atoms with Gasteiger partial charge in [-0.2, -0.15) is 0 Å². The lowest BCUT2D eigenvalue weighted by Crippen LogP contribution is -1.95. The smallest absolute Gasteiger partial charge is 0.302 e. The number of esters is 1. The average molecular weight is 190 g/mol. The normalized spacial score (nSPS) is 6.54. The standard InChI is InChI=1S/C4H8O2.C3H6O.C2H4O/c1-3-6-4(2)5;1-3(2)4;1-2-3/h3H2,1-2H3;1-2H3;2H,1H3. The Morgan fingerprint density at radius 2 is 1.46 bits per heavy atom. The maximum absolute atomic E-state index is 9.82. The molecule has 13 heavy (non-hydrogen) atoms. The van der Waals surface area contributed by atoms with Crippen LogP contribution in [0.15, 0.2) is 0 Å². The van der Waals surface area contributed by atoms with Gasteiger partial charge in [-0.15, -0.1) is 0 Å². The van der Waals surface area contributed by atoms with Gasteiger partial charge in [-0.25, -0.2) is 0 Å². The van der Waals surface area contributed by atoms with E-state index in [1.807, 2.05) is 0 Å². The monoisotopic (exact) mass is 190 g/mol. The predicted octanol–water partition coefficient (Wildman–Crippen LogP) is 1.37. The summed E-state index contributed by atoms with van der Waals surface area (Å²) < 4.78 is 4.40. The van der Waals surface area contributed by atoms with Crippen molar-refractivity contribution in [3.63, 3.8) is 0 Å². The number of ketones is 1. The van der Waals surface area contributed by atoms with Gasteiger partial charge in [-0.1, -0.05) is 0 Å². The maximum atomic E-state index is 9.82. The summed E-state index contributed by atoms with van der Waals surface area (Å²) in [6.45, 7) is 8.15. The lowest BCUT2D eigenvalue weighted by Gasteiger charge is -1.89. The van der Waals surface area contributed by atoms with Crippen LogP contribution >= 0.6 is 0 Å². The molecule has 78 valence electrons. The summed E-state index contributed by atoms with van der Waals surface area (Å²) in [7, 11) is 0. The van der Waals surface area contributed by atoms with Crippen molar-refractivity contribution in [2.45, 2.75) is 34.6 Å². The fraction of sp³-hybridized carbons (Fsp3) is 0.667.